The third-order valence-electron chi connectivity index (χ3n) is 1.65. The minimum Gasteiger partial charge on any atom is -0.399 e. The minimum atomic E-state index is -2.55. The monoisotopic (exact) mass is 278 g/mol. The molecule has 0 spiro atoms. The van der Waals surface area contributed by atoms with Gasteiger partial charge in [-0.15, -0.1) is 0 Å². The second kappa shape index (κ2) is 5.06. The van der Waals surface area contributed by atoms with Crippen LogP contribution in [0.5, 0.6) is 0 Å². The molecule has 15 heavy (non-hydrogen) atoms. The van der Waals surface area contributed by atoms with Gasteiger partial charge in [-0.05, 0) is 34.1 Å². The molecule has 1 aromatic rings. The van der Waals surface area contributed by atoms with Crippen molar-refractivity contribution in [2.45, 2.75) is 6.43 Å². The Balaban J connectivity index is 2.74. The largest absolute Gasteiger partial charge is 0.399 e. The summed E-state index contributed by atoms with van der Waals surface area (Å²) in [5.41, 5.74) is 6.24. The summed E-state index contributed by atoms with van der Waals surface area (Å²) >= 11 is 3.13. The fraction of sp³-hybridized carbons (Fsp3) is 0.222. The lowest BCUT2D eigenvalue weighted by atomic mass is 10.2. The number of carbonyl (C=O) groups excluding carboxylic acids is 1. The highest BCUT2D eigenvalue weighted by Crippen LogP contribution is 2.19. The Morgan fingerprint density at radius 1 is 1.53 bits per heavy atom. The van der Waals surface area contributed by atoms with Gasteiger partial charge in [-0.2, -0.15) is 0 Å². The molecule has 0 aliphatic rings. The number of hydrogen-bond acceptors (Lipinski definition) is 2. The molecule has 3 N–H and O–H groups in total. The smallest absolute Gasteiger partial charge is 0.255 e. The zero-order valence-electron chi connectivity index (χ0n) is 7.64. The summed E-state index contributed by atoms with van der Waals surface area (Å²) in [5.74, 6) is -0.554. The maximum atomic E-state index is 11.8. The molecule has 3 nitrogen and oxygen atoms in total. The van der Waals surface area contributed by atoms with Crippen LogP contribution in [0, 0.1) is 0 Å². The van der Waals surface area contributed by atoms with E-state index in [1.165, 1.54) is 18.2 Å². The standard InChI is InChI=1S/C9H9BrF2N2O/c10-7-3-5(13)1-2-6(7)9(15)14-4-8(11)12/h1-3,8H,4,13H2,(H,14,15). The van der Waals surface area contributed by atoms with Gasteiger partial charge in [0.2, 0.25) is 0 Å². The van der Waals surface area contributed by atoms with E-state index in [1.807, 2.05) is 0 Å². The van der Waals surface area contributed by atoms with Gasteiger partial charge in [0.05, 0.1) is 12.1 Å². The van der Waals surface area contributed by atoms with E-state index in [9.17, 15) is 13.6 Å². The molecule has 0 aliphatic carbocycles. The molecule has 0 saturated heterocycles. The molecule has 82 valence electrons. The number of benzene rings is 1. The summed E-state index contributed by atoms with van der Waals surface area (Å²) in [5, 5.41) is 2.10. The molecule has 1 rings (SSSR count). The third kappa shape index (κ3) is 3.47. The van der Waals surface area contributed by atoms with Crippen LogP contribution in [0.25, 0.3) is 0 Å². The second-order valence-electron chi connectivity index (χ2n) is 2.84. The fourth-order valence-corrected chi connectivity index (χ4v) is 1.56. The van der Waals surface area contributed by atoms with Gasteiger partial charge in [-0.3, -0.25) is 4.79 Å². The first-order valence-electron chi connectivity index (χ1n) is 4.12. The average molecular weight is 279 g/mol. The van der Waals surface area contributed by atoms with Crippen LogP contribution in [0.1, 0.15) is 10.4 Å². The van der Waals surface area contributed by atoms with Crippen molar-refractivity contribution in [2.75, 3.05) is 12.3 Å². The van der Waals surface area contributed by atoms with E-state index >= 15 is 0 Å². The van der Waals surface area contributed by atoms with Gasteiger partial charge in [0, 0.05) is 10.2 Å². The number of alkyl halides is 2. The molecule has 0 saturated carbocycles. The number of nitrogens with one attached hydrogen (secondary N) is 1. The van der Waals surface area contributed by atoms with Crippen molar-refractivity contribution < 1.29 is 13.6 Å². The second-order valence-corrected chi connectivity index (χ2v) is 3.69. The van der Waals surface area contributed by atoms with Crippen LogP contribution in [0.3, 0.4) is 0 Å². The molecule has 0 aliphatic heterocycles. The molecule has 1 amide bonds. The summed E-state index contributed by atoms with van der Waals surface area (Å²) in [6.45, 7) is -0.657. The lowest BCUT2D eigenvalue weighted by molar-refractivity contribution is 0.0891. The van der Waals surface area contributed by atoms with Crippen molar-refractivity contribution in [1.29, 1.82) is 0 Å². The summed E-state index contributed by atoms with van der Waals surface area (Å²) < 4.78 is 24.1. The van der Waals surface area contributed by atoms with Crippen LogP contribution >= 0.6 is 15.9 Å². The topological polar surface area (TPSA) is 55.1 Å². The zero-order valence-corrected chi connectivity index (χ0v) is 9.22. The molecule has 0 atom stereocenters. The SMILES string of the molecule is Nc1ccc(C(=O)NCC(F)F)c(Br)c1. The van der Waals surface area contributed by atoms with E-state index in [0.717, 1.165) is 0 Å². The summed E-state index contributed by atoms with van der Waals surface area (Å²) in [7, 11) is 0. The van der Waals surface area contributed by atoms with Gasteiger partial charge in [0.1, 0.15) is 0 Å². The molecule has 0 unspecified atom stereocenters. The molecule has 6 heteroatoms. The van der Waals surface area contributed by atoms with Crippen LogP contribution in [0.4, 0.5) is 14.5 Å². The Morgan fingerprint density at radius 2 is 2.20 bits per heavy atom. The molecule has 0 bridgehead atoms. The predicted molar refractivity (Wildman–Crippen MR) is 56.9 cm³/mol. The molecule has 1 aromatic carbocycles. The molecule has 0 fully saturated rings. The Bertz CT molecular complexity index is 371. The molecule has 0 radical (unpaired) electrons. The highest BCUT2D eigenvalue weighted by Gasteiger charge is 2.11. The Labute approximate surface area is 93.8 Å². The van der Waals surface area contributed by atoms with Crippen LogP contribution < -0.4 is 11.1 Å². The van der Waals surface area contributed by atoms with Crippen molar-refractivity contribution in [3.05, 3.63) is 28.2 Å². The van der Waals surface area contributed by atoms with Crippen molar-refractivity contribution in [3.63, 3.8) is 0 Å². The van der Waals surface area contributed by atoms with Crippen LogP contribution in [-0.2, 0) is 0 Å². The molecule has 0 aromatic heterocycles. The first-order valence-corrected chi connectivity index (χ1v) is 4.91. The predicted octanol–water partition coefficient (Wildman–Crippen LogP) is 2.03. The summed E-state index contributed by atoms with van der Waals surface area (Å²) in [4.78, 5) is 11.4. The van der Waals surface area contributed by atoms with E-state index in [1.54, 1.807) is 0 Å². The van der Waals surface area contributed by atoms with Gasteiger partial charge in [0.25, 0.3) is 12.3 Å². The Kier molecular flexibility index (Phi) is 4.02. The fourth-order valence-electron chi connectivity index (χ4n) is 0.981. The van der Waals surface area contributed by atoms with E-state index in [0.29, 0.717) is 10.2 Å². The first-order chi connectivity index (χ1) is 7.00. The molecular formula is C9H9BrF2N2O. The van der Waals surface area contributed by atoms with Crippen molar-refractivity contribution in [3.8, 4) is 0 Å². The highest BCUT2D eigenvalue weighted by atomic mass is 79.9. The number of halogens is 3. The first kappa shape index (κ1) is 11.9. The summed E-state index contributed by atoms with van der Waals surface area (Å²) in [6, 6.07) is 4.54. The lowest BCUT2D eigenvalue weighted by Gasteiger charge is -2.06. The maximum absolute atomic E-state index is 11.8. The van der Waals surface area contributed by atoms with E-state index in [2.05, 4.69) is 21.2 Å². The van der Waals surface area contributed by atoms with Crippen LogP contribution in [0.2, 0.25) is 0 Å². The van der Waals surface area contributed by atoms with E-state index in [-0.39, 0.29) is 5.56 Å². The average Bonchev–Trinajstić information content (AvgIpc) is 2.14. The molecular weight excluding hydrogens is 270 g/mol. The highest BCUT2D eigenvalue weighted by molar-refractivity contribution is 9.10. The number of anilines is 1. The minimum absolute atomic E-state index is 0.282. The quantitative estimate of drug-likeness (QED) is 0.832. The van der Waals surface area contributed by atoms with Gasteiger partial charge >= 0.3 is 0 Å². The normalized spacial score (nSPS) is 10.4. The van der Waals surface area contributed by atoms with Crippen molar-refractivity contribution in [1.82, 2.24) is 5.32 Å². The zero-order chi connectivity index (χ0) is 11.4. The van der Waals surface area contributed by atoms with E-state index in [4.69, 9.17) is 5.73 Å². The van der Waals surface area contributed by atoms with Crippen LogP contribution in [0.15, 0.2) is 22.7 Å². The number of amides is 1. The Morgan fingerprint density at radius 3 is 2.73 bits per heavy atom. The van der Waals surface area contributed by atoms with Gasteiger partial charge in [-0.25, -0.2) is 8.78 Å². The number of nitrogens with two attached hydrogens (primary N) is 1. The third-order valence-corrected chi connectivity index (χ3v) is 2.31. The summed E-state index contributed by atoms with van der Waals surface area (Å²) in [6.07, 6.45) is -2.55. The Hall–Kier alpha value is -1.17. The maximum Gasteiger partial charge on any atom is 0.255 e. The lowest BCUT2D eigenvalue weighted by Crippen LogP contribution is -2.28. The van der Waals surface area contributed by atoms with Crippen LogP contribution in [-0.4, -0.2) is 18.9 Å². The number of carbonyl (C=O) groups is 1. The van der Waals surface area contributed by atoms with Crippen molar-refractivity contribution in [2.24, 2.45) is 0 Å². The van der Waals surface area contributed by atoms with E-state index < -0.39 is 18.9 Å². The number of hydrogen-bond donors (Lipinski definition) is 2. The van der Waals surface area contributed by atoms with Gasteiger partial charge in [-0.1, -0.05) is 0 Å². The van der Waals surface area contributed by atoms with Gasteiger partial charge in [0.15, 0.2) is 0 Å². The number of nitrogen functional groups attached to an aromatic ring is 1. The van der Waals surface area contributed by atoms with Gasteiger partial charge < -0.3 is 11.1 Å². The van der Waals surface area contributed by atoms with Crippen molar-refractivity contribution >= 4 is 27.5 Å². The number of rotatable bonds is 3. The molecule has 0 heterocycles.